The van der Waals surface area contributed by atoms with Crippen LogP contribution < -0.4 is 10.6 Å². The van der Waals surface area contributed by atoms with E-state index < -0.39 is 21.6 Å². The molecular formula is C17H15ClN2O4S. The highest BCUT2D eigenvalue weighted by atomic mass is 35.5. The van der Waals surface area contributed by atoms with E-state index in [0.29, 0.717) is 21.8 Å². The number of hydrogen-bond acceptors (Lipinski definition) is 4. The topological polar surface area (TPSA) is 95.5 Å². The predicted octanol–water partition coefficient (Wildman–Crippen LogP) is 3.80. The summed E-state index contributed by atoms with van der Waals surface area (Å²) in [7, 11) is -3.63. The monoisotopic (exact) mass is 378 g/mol. The molecular weight excluding hydrogens is 364 g/mol. The fourth-order valence-corrected chi connectivity index (χ4v) is 4.14. The maximum atomic E-state index is 12.2. The minimum absolute atomic E-state index is 0.00908. The van der Waals surface area contributed by atoms with E-state index in [9.17, 15) is 18.3 Å². The van der Waals surface area contributed by atoms with Gasteiger partial charge in [-0.1, -0.05) is 35.9 Å². The number of benzene rings is 2. The number of nitrogens with one attached hydrogen (secondary N) is 2. The van der Waals surface area contributed by atoms with Crippen LogP contribution in [-0.2, 0) is 9.84 Å². The molecule has 25 heavy (non-hydrogen) atoms. The van der Waals surface area contributed by atoms with Crippen molar-refractivity contribution in [2.45, 2.75) is 11.8 Å². The van der Waals surface area contributed by atoms with Gasteiger partial charge in [0.1, 0.15) is 4.90 Å². The van der Waals surface area contributed by atoms with Gasteiger partial charge in [0.15, 0.2) is 15.6 Å². The van der Waals surface area contributed by atoms with Gasteiger partial charge in [-0.05, 0) is 36.2 Å². The minimum Gasteiger partial charge on any atom is -0.504 e. The Labute approximate surface area is 150 Å². The van der Waals surface area contributed by atoms with E-state index in [1.54, 1.807) is 31.2 Å². The van der Waals surface area contributed by atoms with Gasteiger partial charge < -0.3 is 15.7 Å². The third-order valence-corrected chi connectivity index (χ3v) is 5.94. The normalized spacial score (nSPS) is 14.6. The summed E-state index contributed by atoms with van der Waals surface area (Å²) in [6, 6.07) is 7.44. The van der Waals surface area contributed by atoms with Gasteiger partial charge in [-0.2, -0.15) is 0 Å². The number of phenolic OH excluding ortho intramolecular Hbond substituents is 1. The Morgan fingerprint density at radius 2 is 1.88 bits per heavy atom. The van der Waals surface area contributed by atoms with Gasteiger partial charge in [0.2, 0.25) is 0 Å². The van der Waals surface area contributed by atoms with Gasteiger partial charge in [0, 0.05) is 10.7 Å². The number of sulfone groups is 1. The second-order valence-electron chi connectivity index (χ2n) is 5.56. The number of carbonyl (C=O) groups excluding carboxylic acids is 1. The van der Waals surface area contributed by atoms with Gasteiger partial charge in [-0.15, -0.1) is 0 Å². The molecule has 1 aliphatic heterocycles. The number of halogens is 1. The van der Waals surface area contributed by atoms with E-state index in [1.807, 2.05) is 0 Å². The molecule has 0 saturated carbocycles. The number of aromatic hydroxyl groups is 1. The van der Waals surface area contributed by atoms with Crippen LogP contribution in [0.3, 0.4) is 0 Å². The van der Waals surface area contributed by atoms with Crippen LogP contribution in [0.15, 0.2) is 41.3 Å². The second-order valence-corrected chi connectivity index (χ2v) is 7.93. The lowest BCUT2D eigenvalue weighted by atomic mass is 10.1. The van der Waals surface area contributed by atoms with E-state index in [0.717, 1.165) is 0 Å². The van der Waals surface area contributed by atoms with Crippen LogP contribution in [-0.4, -0.2) is 25.3 Å². The summed E-state index contributed by atoms with van der Waals surface area (Å²) in [5, 5.41) is 15.9. The molecule has 130 valence electrons. The van der Waals surface area contributed by atoms with Gasteiger partial charge in [0.05, 0.1) is 11.4 Å². The van der Waals surface area contributed by atoms with Crippen molar-refractivity contribution in [1.29, 1.82) is 0 Å². The predicted molar refractivity (Wildman–Crippen MR) is 98.0 cm³/mol. The van der Waals surface area contributed by atoms with Crippen LogP contribution in [0.2, 0.25) is 5.02 Å². The van der Waals surface area contributed by atoms with Crippen molar-refractivity contribution in [2.24, 2.45) is 0 Å². The molecule has 8 heteroatoms. The Morgan fingerprint density at radius 1 is 1.16 bits per heavy atom. The highest BCUT2D eigenvalue weighted by Crippen LogP contribution is 2.37. The number of hydrogen-bond donors (Lipinski definition) is 3. The molecule has 2 aromatic rings. The number of urea groups is 1. The summed E-state index contributed by atoms with van der Waals surface area (Å²) in [6.07, 6.45) is 3.13. The van der Waals surface area contributed by atoms with Gasteiger partial charge >= 0.3 is 6.03 Å². The molecule has 0 spiro atoms. The Balaban J connectivity index is 1.88. The van der Waals surface area contributed by atoms with Gasteiger partial charge in [-0.3, -0.25) is 0 Å². The molecule has 2 aromatic carbocycles. The first-order valence-electron chi connectivity index (χ1n) is 7.38. The molecule has 1 heterocycles. The molecule has 3 rings (SSSR count). The first-order chi connectivity index (χ1) is 11.8. The fraction of sp³-hybridized carbons (Fsp3) is 0.118. The molecule has 6 nitrogen and oxygen atoms in total. The van der Waals surface area contributed by atoms with Crippen LogP contribution in [0, 0.1) is 6.92 Å². The Kier molecular flexibility index (Phi) is 4.45. The summed E-state index contributed by atoms with van der Waals surface area (Å²) in [5.74, 6) is -0.662. The molecule has 0 atom stereocenters. The number of fused-ring (bicyclic) bond motifs is 1. The molecule has 0 saturated heterocycles. The highest BCUT2D eigenvalue weighted by Gasteiger charge is 2.26. The molecule has 0 unspecified atom stereocenters. The Bertz CT molecular complexity index is 1000. The van der Waals surface area contributed by atoms with E-state index in [-0.39, 0.29) is 16.3 Å². The summed E-state index contributed by atoms with van der Waals surface area (Å²) in [6.45, 7) is 1.76. The standard InChI is InChI=1S/C17H15ClN2O4S/c1-10-12(18)5-2-6-13(10)19-17(22)20-14-8-7-11-4-3-9-25(23,24)16(11)15(14)21/h2-8,21H,9H2,1H3,(H2,19,20,22). The van der Waals surface area contributed by atoms with E-state index in [1.165, 1.54) is 18.2 Å². The molecule has 1 aliphatic rings. The number of anilines is 2. The Morgan fingerprint density at radius 3 is 2.64 bits per heavy atom. The van der Waals surface area contributed by atoms with Crippen LogP contribution in [0.4, 0.5) is 16.2 Å². The van der Waals surface area contributed by atoms with Crippen molar-refractivity contribution >= 4 is 44.9 Å². The van der Waals surface area contributed by atoms with Crippen molar-refractivity contribution < 1.29 is 18.3 Å². The van der Waals surface area contributed by atoms with Gasteiger partial charge in [-0.25, -0.2) is 13.2 Å². The summed E-state index contributed by atoms with van der Waals surface area (Å²) >= 11 is 6.01. The van der Waals surface area contributed by atoms with E-state index in [2.05, 4.69) is 10.6 Å². The molecule has 2 amide bonds. The number of rotatable bonds is 2. The number of phenols is 1. The molecule has 0 aliphatic carbocycles. The first kappa shape index (κ1) is 17.3. The smallest absolute Gasteiger partial charge is 0.323 e. The molecule has 0 bridgehead atoms. The summed E-state index contributed by atoms with van der Waals surface area (Å²) < 4.78 is 24.3. The minimum atomic E-state index is -3.63. The third-order valence-electron chi connectivity index (χ3n) is 3.85. The van der Waals surface area contributed by atoms with Crippen molar-refractivity contribution in [3.8, 4) is 5.75 Å². The van der Waals surface area contributed by atoms with Crippen LogP contribution in [0.1, 0.15) is 11.1 Å². The zero-order valence-corrected chi connectivity index (χ0v) is 14.8. The lowest BCUT2D eigenvalue weighted by Crippen LogP contribution is -2.21. The maximum absolute atomic E-state index is 12.2. The third kappa shape index (κ3) is 3.33. The maximum Gasteiger partial charge on any atom is 0.323 e. The van der Waals surface area contributed by atoms with Crippen molar-refractivity contribution in [3.05, 3.63) is 52.6 Å². The van der Waals surface area contributed by atoms with E-state index in [4.69, 9.17) is 11.6 Å². The SMILES string of the molecule is Cc1c(Cl)cccc1NC(=O)Nc1ccc2c(c1O)S(=O)(=O)CC=C2. The van der Waals surface area contributed by atoms with Crippen LogP contribution in [0.25, 0.3) is 6.08 Å². The van der Waals surface area contributed by atoms with Gasteiger partial charge in [0.25, 0.3) is 0 Å². The molecule has 0 fully saturated rings. The number of amides is 2. The summed E-state index contributed by atoms with van der Waals surface area (Å²) in [4.78, 5) is 12.0. The quantitative estimate of drug-likeness (QED) is 0.692. The molecule has 0 radical (unpaired) electrons. The highest BCUT2D eigenvalue weighted by molar-refractivity contribution is 7.91. The van der Waals surface area contributed by atoms with Crippen molar-refractivity contribution in [3.63, 3.8) is 0 Å². The second kappa shape index (κ2) is 6.42. The lowest BCUT2D eigenvalue weighted by Gasteiger charge is -2.17. The van der Waals surface area contributed by atoms with Crippen molar-refractivity contribution in [2.75, 3.05) is 16.4 Å². The average molecular weight is 379 g/mol. The molecule has 0 aromatic heterocycles. The Hall–Kier alpha value is -2.51. The zero-order chi connectivity index (χ0) is 18.2. The lowest BCUT2D eigenvalue weighted by molar-refractivity contribution is 0.262. The van der Waals surface area contributed by atoms with Crippen LogP contribution >= 0.6 is 11.6 Å². The number of carbonyl (C=O) groups is 1. The summed E-state index contributed by atoms with van der Waals surface area (Å²) in [5.41, 5.74) is 1.61. The average Bonchev–Trinajstić information content (AvgIpc) is 2.54. The largest absolute Gasteiger partial charge is 0.504 e. The first-order valence-corrected chi connectivity index (χ1v) is 9.41. The van der Waals surface area contributed by atoms with Crippen LogP contribution in [0.5, 0.6) is 5.75 Å². The zero-order valence-electron chi connectivity index (χ0n) is 13.2. The fourth-order valence-electron chi connectivity index (χ4n) is 2.55. The molecule has 3 N–H and O–H groups in total. The van der Waals surface area contributed by atoms with E-state index >= 15 is 0 Å². The van der Waals surface area contributed by atoms with Crippen molar-refractivity contribution in [1.82, 2.24) is 0 Å².